The van der Waals surface area contributed by atoms with Gasteiger partial charge in [0.05, 0.1) is 5.69 Å². The lowest BCUT2D eigenvalue weighted by Gasteiger charge is -2.14. The normalized spacial score (nSPS) is 17.5. The molecular formula is C18H14FN3OS. The Hall–Kier alpha value is -2.73. The number of amides is 1. The highest BCUT2D eigenvalue weighted by atomic mass is 32.1. The molecule has 2 N–H and O–H groups in total. The van der Waals surface area contributed by atoms with Crippen LogP contribution in [0, 0.1) is 5.82 Å². The molecule has 1 amide bonds. The van der Waals surface area contributed by atoms with Gasteiger partial charge in [-0.25, -0.2) is 4.39 Å². The van der Waals surface area contributed by atoms with Gasteiger partial charge in [-0.1, -0.05) is 18.2 Å². The minimum atomic E-state index is -0.429. The third-order valence-electron chi connectivity index (χ3n) is 4.20. The Morgan fingerprint density at radius 3 is 2.67 bits per heavy atom. The third kappa shape index (κ3) is 2.45. The summed E-state index contributed by atoms with van der Waals surface area (Å²) in [6.07, 6.45) is 2.45. The lowest BCUT2D eigenvalue weighted by atomic mass is 10.0. The molecule has 1 aromatic heterocycles. The fourth-order valence-electron chi connectivity index (χ4n) is 3.02. The zero-order valence-electron chi connectivity index (χ0n) is 12.6. The van der Waals surface area contributed by atoms with Crippen molar-refractivity contribution in [1.82, 2.24) is 10.3 Å². The summed E-state index contributed by atoms with van der Waals surface area (Å²) in [6, 6.07) is 13.3. The predicted octanol–water partition coefficient (Wildman–Crippen LogP) is 3.14. The van der Waals surface area contributed by atoms with E-state index < -0.39 is 6.04 Å². The van der Waals surface area contributed by atoms with Gasteiger partial charge < -0.3 is 10.3 Å². The summed E-state index contributed by atoms with van der Waals surface area (Å²) in [7, 11) is 0. The molecular weight excluding hydrogens is 325 g/mol. The SMILES string of the molecule is O=C1C(Cc2c[nH]c3ccccc23)NC(=S)N1c1ccc(F)cc1. The first-order chi connectivity index (χ1) is 11.6. The van der Waals surface area contributed by atoms with E-state index in [1.54, 1.807) is 12.1 Å². The maximum absolute atomic E-state index is 13.1. The fourth-order valence-corrected chi connectivity index (χ4v) is 3.36. The molecule has 1 aliphatic heterocycles. The van der Waals surface area contributed by atoms with E-state index in [9.17, 15) is 9.18 Å². The van der Waals surface area contributed by atoms with E-state index in [1.807, 2.05) is 30.5 Å². The predicted molar refractivity (Wildman–Crippen MR) is 95.4 cm³/mol. The average Bonchev–Trinajstić information content (AvgIpc) is 3.11. The molecule has 0 aliphatic carbocycles. The molecule has 6 heteroatoms. The Bertz CT molecular complexity index is 935. The summed E-state index contributed by atoms with van der Waals surface area (Å²) >= 11 is 5.29. The molecule has 1 saturated heterocycles. The molecule has 4 rings (SSSR count). The van der Waals surface area contributed by atoms with Crippen molar-refractivity contribution in [3.63, 3.8) is 0 Å². The van der Waals surface area contributed by atoms with Crippen LogP contribution >= 0.6 is 12.2 Å². The Labute approximate surface area is 143 Å². The molecule has 0 bridgehead atoms. The second-order valence-corrected chi connectivity index (χ2v) is 6.10. The largest absolute Gasteiger partial charge is 0.361 e. The smallest absolute Gasteiger partial charge is 0.256 e. The lowest BCUT2D eigenvalue weighted by Crippen LogP contribution is -2.32. The van der Waals surface area contributed by atoms with Crippen LogP contribution in [0.25, 0.3) is 10.9 Å². The second kappa shape index (κ2) is 5.72. The summed E-state index contributed by atoms with van der Waals surface area (Å²) in [4.78, 5) is 17.4. The van der Waals surface area contributed by atoms with Crippen LogP contribution in [-0.4, -0.2) is 22.0 Å². The Morgan fingerprint density at radius 2 is 1.88 bits per heavy atom. The van der Waals surface area contributed by atoms with Gasteiger partial charge in [-0.15, -0.1) is 0 Å². The van der Waals surface area contributed by atoms with E-state index in [2.05, 4.69) is 10.3 Å². The molecule has 1 fully saturated rings. The number of aromatic nitrogens is 1. The summed E-state index contributed by atoms with van der Waals surface area (Å²) in [5, 5.41) is 4.51. The number of fused-ring (bicyclic) bond motifs is 1. The number of hydrogen-bond donors (Lipinski definition) is 2. The minimum Gasteiger partial charge on any atom is -0.361 e. The number of H-pyrrole nitrogens is 1. The maximum atomic E-state index is 13.1. The maximum Gasteiger partial charge on any atom is 0.256 e. The number of carbonyl (C=O) groups excluding carboxylic acids is 1. The number of aromatic amines is 1. The van der Waals surface area contributed by atoms with Crippen LogP contribution in [0.5, 0.6) is 0 Å². The molecule has 120 valence electrons. The molecule has 1 aliphatic rings. The summed E-state index contributed by atoms with van der Waals surface area (Å²) in [6.45, 7) is 0. The van der Waals surface area contributed by atoms with Gasteiger partial charge >= 0.3 is 0 Å². The van der Waals surface area contributed by atoms with Crippen molar-refractivity contribution in [3.8, 4) is 0 Å². The third-order valence-corrected chi connectivity index (χ3v) is 4.50. The fraction of sp³-hybridized carbons (Fsp3) is 0.111. The number of benzene rings is 2. The molecule has 1 atom stereocenters. The summed E-state index contributed by atoms with van der Waals surface area (Å²) < 4.78 is 13.1. The number of halogens is 1. The number of para-hydroxylation sites is 1. The number of thiocarbonyl (C=S) groups is 1. The minimum absolute atomic E-state index is 0.128. The highest BCUT2D eigenvalue weighted by molar-refractivity contribution is 7.80. The van der Waals surface area contributed by atoms with Crippen LogP contribution < -0.4 is 10.2 Å². The van der Waals surface area contributed by atoms with Gasteiger partial charge in [-0.3, -0.25) is 9.69 Å². The van der Waals surface area contributed by atoms with Crippen LogP contribution in [0.4, 0.5) is 10.1 Å². The molecule has 24 heavy (non-hydrogen) atoms. The monoisotopic (exact) mass is 339 g/mol. The van der Waals surface area contributed by atoms with Crippen molar-refractivity contribution in [2.24, 2.45) is 0 Å². The number of anilines is 1. The Balaban J connectivity index is 1.60. The van der Waals surface area contributed by atoms with Crippen LogP contribution in [0.3, 0.4) is 0 Å². The first kappa shape index (κ1) is 14.8. The van der Waals surface area contributed by atoms with Crippen LogP contribution in [0.15, 0.2) is 54.7 Å². The van der Waals surface area contributed by atoms with Gasteiger partial charge in [-0.2, -0.15) is 0 Å². The first-order valence-corrected chi connectivity index (χ1v) is 7.99. The van der Waals surface area contributed by atoms with Crippen molar-refractivity contribution in [1.29, 1.82) is 0 Å². The molecule has 0 saturated carbocycles. The molecule has 2 heterocycles. The van der Waals surface area contributed by atoms with Crippen molar-refractivity contribution in [2.45, 2.75) is 12.5 Å². The van der Waals surface area contributed by atoms with Crippen LogP contribution in [0.1, 0.15) is 5.56 Å². The first-order valence-electron chi connectivity index (χ1n) is 7.58. The molecule has 0 radical (unpaired) electrons. The number of rotatable bonds is 3. The summed E-state index contributed by atoms with van der Waals surface area (Å²) in [5.41, 5.74) is 2.66. The van der Waals surface area contributed by atoms with Gasteiger partial charge in [0.1, 0.15) is 11.9 Å². The highest BCUT2D eigenvalue weighted by Gasteiger charge is 2.36. The number of hydrogen-bond acceptors (Lipinski definition) is 2. The Morgan fingerprint density at radius 1 is 1.12 bits per heavy atom. The molecule has 1 unspecified atom stereocenters. The molecule has 3 aromatic rings. The van der Waals surface area contributed by atoms with Gasteiger partial charge in [-0.05, 0) is 48.1 Å². The quantitative estimate of drug-likeness (QED) is 0.721. The average molecular weight is 339 g/mol. The van der Waals surface area contributed by atoms with Gasteiger partial charge in [0.2, 0.25) is 0 Å². The van der Waals surface area contributed by atoms with Gasteiger partial charge in [0.15, 0.2) is 5.11 Å². The van der Waals surface area contributed by atoms with E-state index in [0.29, 0.717) is 17.2 Å². The van der Waals surface area contributed by atoms with E-state index in [0.717, 1.165) is 16.5 Å². The van der Waals surface area contributed by atoms with Gasteiger partial charge in [0.25, 0.3) is 5.91 Å². The number of carbonyl (C=O) groups is 1. The zero-order chi connectivity index (χ0) is 16.7. The van der Waals surface area contributed by atoms with Crippen molar-refractivity contribution in [3.05, 3.63) is 66.1 Å². The van der Waals surface area contributed by atoms with Gasteiger partial charge in [0, 0.05) is 23.5 Å². The van der Waals surface area contributed by atoms with E-state index in [4.69, 9.17) is 12.2 Å². The topological polar surface area (TPSA) is 48.1 Å². The van der Waals surface area contributed by atoms with Crippen molar-refractivity contribution >= 4 is 39.8 Å². The van der Waals surface area contributed by atoms with Crippen molar-refractivity contribution in [2.75, 3.05) is 4.90 Å². The van der Waals surface area contributed by atoms with Crippen LogP contribution in [-0.2, 0) is 11.2 Å². The lowest BCUT2D eigenvalue weighted by molar-refractivity contribution is -0.118. The second-order valence-electron chi connectivity index (χ2n) is 5.72. The van der Waals surface area contributed by atoms with Crippen molar-refractivity contribution < 1.29 is 9.18 Å². The zero-order valence-corrected chi connectivity index (χ0v) is 13.4. The molecule has 2 aromatic carbocycles. The Kier molecular flexibility index (Phi) is 3.54. The molecule has 4 nitrogen and oxygen atoms in total. The highest BCUT2D eigenvalue weighted by Crippen LogP contribution is 2.24. The number of nitrogens with zero attached hydrogens (tertiary/aromatic N) is 1. The molecule has 0 spiro atoms. The number of nitrogens with one attached hydrogen (secondary N) is 2. The standard InChI is InChI=1S/C18H14FN3OS/c19-12-5-7-13(8-6-12)22-17(23)16(21-18(22)24)9-11-10-20-15-4-2-1-3-14(11)15/h1-8,10,16,20H,9H2,(H,21,24). The van der Waals surface area contributed by atoms with E-state index in [-0.39, 0.29) is 11.7 Å². The van der Waals surface area contributed by atoms with E-state index in [1.165, 1.54) is 17.0 Å². The van der Waals surface area contributed by atoms with E-state index >= 15 is 0 Å². The van der Waals surface area contributed by atoms with Crippen LogP contribution in [0.2, 0.25) is 0 Å². The summed E-state index contributed by atoms with van der Waals surface area (Å²) in [5.74, 6) is -0.475.